The zero-order valence-corrected chi connectivity index (χ0v) is 11.1. The van der Waals surface area contributed by atoms with Gasteiger partial charge in [0, 0.05) is 13.9 Å². The van der Waals surface area contributed by atoms with E-state index in [0.29, 0.717) is 0 Å². The lowest BCUT2D eigenvalue weighted by molar-refractivity contribution is 0.812. The van der Waals surface area contributed by atoms with Crippen LogP contribution in [0.15, 0.2) is 12.7 Å². The van der Waals surface area contributed by atoms with E-state index < -0.39 is 7.26 Å². The maximum atomic E-state index is 4.02. The zero-order chi connectivity index (χ0) is 10.7. The Morgan fingerprint density at radius 2 is 1.40 bits per heavy atom. The van der Waals surface area contributed by atoms with Gasteiger partial charge in [-0.05, 0) is 51.4 Å². The third-order valence-electron chi connectivity index (χ3n) is 4.84. The van der Waals surface area contributed by atoms with Crippen LogP contribution in [0.3, 0.4) is 0 Å². The molecule has 2 saturated carbocycles. The minimum Gasteiger partial charge on any atom is -0.0995 e. The third kappa shape index (κ3) is 2.31. The molecule has 0 saturated heterocycles. The van der Waals surface area contributed by atoms with Gasteiger partial charge in [0.1, 0.15) is 0 Å². The minimum absolute atomic E-state index is 0.683. The lowest BCUT2D eigenvalue weighted by Crippen LogP contribution is -2.21. The first-order valence-electron chi connectivity index (χ1n) is 6.73. The van der Waals surface area contributed by atoms with Crippen LogP contribution >= 0.6 is 7.26 Å². The standard InChI is InChI=1S/C14H26P/c1-3-12-15(2,13-8-4-5-9-13)14-10-6-7-11-14/h3,13-14H,1,4-12H2,2H3/q+1. The molecule has 0 atom stereocenters. The highest BCUT2D eigenvalue weighted by Gasteiger charge is 2.48. The fourth-order valence-electron chi connectivity index (χ4n) is 3.86. The number of hydrogen-bond acceptors (Lipinski definition) is 0. The van der Waals surface area contributed by atoms with Gasteiger partial charge in [0.2, 0.25) is 0 Å². The Bertz CT molecular complexity index is 193. The van der Waals surface area contributed by atoms with E-state index in [4.69, 9.17) is 0 Å². The van der Waals surface area contributed by atoms with Crippen molar-refractivity contribution in [2.24, 2.45) is 0 Å². The lowest BCUT2D eigenvalue weighted by atomic mass is 10.4. The van der Waals surface area contributed by atoms with E-state index in [2.05, 4.69) is 19.3 Å². The smallest absolute Gasteiger partial charge is 0.0773 e. The van der Waals surface area contributed by atoms with Gasteiger partial charge in [0.05, 0.1) is 17.5 Å². The van der Waals surface area contributed by atoms with Crippen LogP contribution in [0.5, 0.6) is 0 Å². The SMILES string of the molecule is C=CC[P+](C)(C1CCCC1)C1CCCC1. The van der Waals surface area contributed by atoms with Crippen molar-refractivity contribution in [1.82, 2.24) is 0 Å². The molecule has 0 aromatic carbocycles. The van der Waals surface area contributed by atoms with Crippen molar-refractivity contribution in [3.8, 4) is 0 Å². The molecule has 0 radical (unpaired) electrons. The first-order valence-corrected chi connectivity index (χ1v) is 9.29. The fraction of sp³-hybridized carbons (Fsp3) is 0.857. The molecular weight excluding hydrogens is 199 g/mol. The molecule has 0 heterocycles. The summed E-state index contributed by atoms with van der Waals surface area (Å²) in [5.41, 5.74) is 2.22. The Labute approximate surface area is 95.9 Å². The van der Waals surface area contributed by atoms with Crippen molar-refractivity contribution >= 4 is 7.26 Å². The maximum absolute atomic E-state index is 4.02. The maximum Gasteiger partial charge on any atom is 0.0773 e. The van der Waals surface area contributed by atoms with Crippen molar-refractivity contribution in [2.75, 3.05) is 12.8 Å². The molecule has 0 aromatic heterocycles. The molecule has 0 spiro atoms. The van der Waals surface area contributed by atoms with E-state index in [1.807, 2.05) is 0 Å². The van der Waals surface area contributed by atoms with Crippen molar-refractivity contribution in [3.63, 3.8) is 0 Å². The van der Waals surface area contributed by atoms with Gasteiger partial charge >= 0.3 is 0 Å². The lowest BCUT2D eigenvalue weighted by Gasteiger charge is -2.33. The molecular formula is C14H26P+. The Morgan fingerprint density at radius 1 is 1.00 bits per heavy atom. The summed E-state index contributed by atoms with van der Waals surface area (Å²) in [6.45, 7) is 6.68. The Morgan fingerprint density at radius 3 is 1.73 bits per heavy atom. The molecule has 86 valence electrons. The van der Waals surface area contributed by atoms with Gasteiger partial charge in [-0.15, -0.1) is 0 Å². The van der Waals surface area contributed by atoms with Crippen LogP contribution in [0.25, 0.3) is 0 Å². The number of rotatable bonds is 4. The van der Waals surface area contributed by atoms with E-state index in [-0.39, 0.29) is 0 Å². The molecule has 15 heavy (non-hydrogen) atoms. The largest absolute Gasteiger partial charge is 0.0995 e. The van der Waals surface area contributed by atoms with Gasteiger partial charge in [0.15, 0.2) is 0 Å². The molecule has 1 heteroatoms. The van der Waals surface area contributed by atoms with E-state index >= 15 is 0 Å². The Kier molecular flexibility index (Phi) is 3.88. The normalized spacial score (nSPS) is 24.9. The molecule has 2 rings (SSSR count). The summed E-state index contributed by atoms with van der Waals surface area (Å²) in [6.07, 6.45) is 15.8. The molecule has 2 aliphatic carbocycles. The second kappa shape index (κ2) is 5.00. The van der Waals surface area contributed by atoms with Gasteiger partial charge in [-0.1, -0.05) is 12.7 Å². The van der Waals surface area contributed by atoms with Crippen LogP contribution in [0, 0.1) is 0 Å². The van der Waals surface area contributed by atoms with Gasteiger partial charge in [-0.2, -0.15) is 0 Å². The average molecular weight is 225 g/mol. The molecule has 0 unspecified atom stereocenters. The summed E-state index contributed by atoms with van der Waals surface area (Å²) >= 11 is 0. The fourth-order valence-corrected chi connectivity index (χ4v) is 8.70. The van der Waals surface area contributed by atoms with Gasteiger partial charge in [0.25, 0.3) is 0 Å². The molecule has 0 nitrogen and oxygen atoms in total. The molecule has 2 aliphatic rings. The highest BCUT2D eigenvalue weighted by atomic mass is 31.2. The van der Waals surface area contributed by atoms with Crippen molar-refractivity contribution in [1.29, 1.82) is 0 Å². The predicted molar refractivity (Wildman–Crippen MR) is 72.4 cm³/mol. The first-order chi connectivity index (χ1) is 7.27. The summed E-state index contributed by atoms with van der Waals surface area (Å²) in [7, 11) is -0.683. The average Bonchev–Trinajstić information content (AvgIpc) is 2.92. The molecule has 0 amide bonds. The Balaban J connectivity index is 2.09. The summed E-state index contributed by atoms with van der Waals surface area (Å²) in [5, 5.41) is 0. The highest BCUT2D eigenvalue weighted by molar-refractivity contribution is 7.76. The second-order valence-electron chi connectivity index (χ2n) is 5.69. The Hall–Kier alpha value is 0.170. The van der Waals surface area contributed by atoms with Crippen LogP contribution < -0.4 is 0 Å². The molecule has 0 N–H and O–H groups in total. The minimum atomic E-state index is -0.683. The van der Waals surface area contributed by atoms with Gasteiger partial charge < -0.3 is 0 Å². The summed E-state index contributed by atoms with van der Waals surface area (Å²) in [4.78, 5) is 0. The van der Waals surface area contributed by atoms with Gasteiger partial charge in [-0.25, -0.2) is 0 Å². The predicted octanol–water partition coefficient (Wildman–Crippen LogP) is 4.71. The van der Waals surface area contributed by atoms with Crippen LogP contribution in [-0.4, -0.2) is 24.1 Å². The van der Waals surface area contributed by atoms with E-state index in [1.165, 1.54) is 57.5 Å². The van der Waals surface area contributed by atoms with Crippen LogP contribution in [-0.2, 0) is 0 Å². The van der Waals surface area contributed by atoms with E-state index in [9.17, 15) is 0 Å². The number of allylic oxidation sites excluding steroid dienone is 1. The summed E-state index contributed by atoms with van der Waals surface area (Å²) < 4.78 is 0. The molecule has 2 fully saturated rings. The zero-order valence-electron chi connectivity index (χ0n) is 10.3. The van der Waals surface area contributed by atoms with E-state index in [0.717, 1.165) is 11.3 Å². The van der Waals surface area contributed by atoms with Gasteiger partial charge in [-0.3, -0.25) is 0 Å². The molecule has 0 aliphatic heterocycles. The van der Waals surface area contributed by atoms with Crippen molar-refractivity contribution in [2.45, 2.75) is 62.7 Å². The topological polar surface area (TPSA) is 0 Å². The third-order valence-corrected chi connectivity index (χ3v) is 10.3. The van der Waals surface area contributed by atoms with Crippen LogP contribution in [0.4, 0.5) is 0 Å². The van der Waals surface area contributed by atoms with E-state index in [1.54, 1.807) is 0 Å². The number of hydrogen-bond donors (Lipinski definition) is 0. The van der Waals surface area contributed by atoms with Crippen LogP contribution in [0.2, 0.25) is 0 Å². The van der Waals surface area contributed by atoms with Crippen molar-refractivity contribution < 1.29 is 0 Å². The van der Waals surface area contributed by atoms with Crippen molar-refractivity contribution in [3.05, 3.63) is 12.7 Å². The quantitative estimate of drug-likeness (QED) is 0.480. The summed E-state index contributed by atoms with van der Waals surface area (Å²) in [5.74, 6) is 0. The first kappa shape index (κ1) is 11.6. The monoisotopic (exact) mass is 225 g/mol. The second-order valence-corrected chi connectivity index (χ2v) is 10.2. The highest BCUT2D eigenvalue weighted by Crippen LogP contribution is 2.70. The van der Waals surface area contributed by atoms with Crippen LogP contribution in [0.1, 0.15) is 51.4 Å². The molecule has 0 aromatic rings. The molecule has 0 bridgehead atoms. The summed E-state index contributed by atoms with van der Waals surface area (Å²) in [6, 6.07) is 0.